The predicted molar refractivity (Wildman–Crippen MR) is 44.3 cm³/mol. The molecule has 0 amide bonds. The van der Waals surface area contributed by atoms with E-state index in [0.29, 0.717) is 12.1 Å². The lowest BCUT2D eigenvalue weighted by Crippen LogP contribution is -2.16. The molecule has 0 spiro atoms. The molecule has 4 atom stereocenters. The monoisotopic (exact) mass is 153 g/mol. The van der Waals surface area contributed by atoms with Crippen LogP contribution in [0.5, 0.6) is 0 Å². The molecule has 0 radical (unpaired) electrons. The van der Waals surface area contributed by atoms with Gasteiger partial charge in [0.05, 0.1) is 12.1 Å². The molecule has 1 N–H and O–H groups in total. The van der Waals surface area contributed by atoms with Crippen molar-refractivity contribution in [1.82, 2.24) is 4.90 Å². The fraction of sp³-hybridized carbons (Fsp3) is 0.778. The number of fused-ring (bicyclic) bond motifs is 1. The average molecular weight is 153 g/mol. The van der Waals surface area contributed by atoms with E-state index >= 15 is 0 Å². The van der Waals surface area contributed by atoms with Crippen LogP contribution in [0.25, 0.3) is 0 Å². The number of aliphatic hydroxyl groups is 1. The molecule has 1 fully saturated rings. The Balaban J connectivity index is 1.81. The first-order valence-corrected chi connectivity index (χ1v) is 4.46. The van der Waals surface area contributed by atoms with Crippen LogP contribution < -0.4 is 0 Å². The van der Waals surface area contributed by atoms with E-state index in [1.165, 1.54) is 12.8 Å². The van der Waals surface area contributed by atoms with Gasteiger partial charge in [0, 0.05) is 6.04 Å². The van der Waals surface area contributed by atoms with Gasteiger partial charge in [0.2, 0.25) is 0 Å². The number of aliphatic hydroxyl groups excluding tert-OH is 1. The lowest BCUT2D eigenvalue weighted by Gasteiger charge is -2.05. The second-order valence-corrected chi connectivity index (χ2v) is 3.45. The number of rotatable bonds is 3. The highest BCUT2D eigenvalue weighted by Crippen LogP contribution is 2.37. The molecular formula is C9H15NO. The lowest BCUT2D eigenvalue weighted by molar-refractivity contribution is 0.202. The molecule has 2 rings (SSSR count). The maximum Gasteiger partial charge on any atom is 0.0895 e. The maximum atomic E-state index is 9.38. The molecule has 1 heterocycles. The molecule has 2 aliphatic rings. The Bertz CT molecular complexity index is 178. The number of hydrogen-bond acceptors (Lipinski definition) is 2. The number of unbranched alkanes of at least 4 members (excludes halogenated alkanes) is 1. The highest BCUT2D eigenvalue weighted by molar-refractivity contribution is 5.26. The zero-order valence-electron chi connectivity index (χ0n) is 6.90. The average Bonchev–Trinajstić information content (AvgIpc) is 2.58. The van der Waals surface area contributed by atoms with Gasteiger partial charge in [0.25, 0.3) is 0 Å². The number of hydrogen-bond donors (Lipinski definition) is 1. The Hall–Kier alpha value is -0.340. The van der Waals surface area contributed by atoms with Gasteiger partial charge in [-0.3, -0.25) is 4.90 Å². The first-order valence-electron chi connectivity index (χ1n) is 4.46. The van der Waals surface area contributed by atoms with Crippen LogP contribution in [0.4, 0.5) is 0 Å². The molecule has 1 aliphatic carbocycles. The quantitative estimate of drug-likeness (QED) is 0.478. The van der Waals surface area contributed by atoms with E-state index in [1.54, 1.807) is 0 Å². The van der Waals surface area contributed by atoms with Crippen molar-refractivity contribution in [3.63, 3.8) is 0 Å². The zero-order chi connectivity index (χ0) is 7.84. The molecule has 0 bridgehead atoms. The molecule has 4 unspecified atom stereocenters. The normalized spacial score (nSPS) is 46.0. The molecule has 1 saturated heterocycles. The van der Waals surface area contributed by atoms with Gasteiger partial charge in [-0.1, -0.05) is 25.5 Å². The van der Waals surface area contributed by atoms with E-state index in [1.807, 2.05) is 6.08 Å². The molecule has 1 aliphatic heterocycles. The fourth-order valence-corrected chi connectivity index (χ4v) is 1.92. The summed E-state index contributed by atoms with van der Waals surface area (Å²) in [6, 6.07) is 1.03. The first-order chi connectivity index (χ1) is 5.34. The van der Waals surface area contributed by atoms with Gasteiger partial charge in [0.15, 0.2) is 0 Å². The van der Waals surface area contributed by atoms with Crippen molar-refractivity contribution in [3.05, 3.63) is 12.2 Å². The predicted octanol–water partition coefficient (Wildman–Crippen LogP) is 0.770. The highest BCUT2D eigenvalue weighted by atomic mass is 16.3. The van der Waals surface area contributed by atoms with E-state index in [9.17, 15) is 5.11 Å². The molecule has 0 aromatic rings. The first kappa shape index (κ1) is 7.32. The van der Waals surface area contributed by atoms with Crippen LogP contribution in [0.1, 0.15) is 19.8 Å². The molecule has 11 heavy (non-hydrogen) atoms. The summed E-state index contributed by atoms with van der Waals surface area (Å²) in [5.41, 5.74) is 0. The Morgan fingerprint density at radius 1 is 1.45 bits per heavy atom. The minimum atomic E-state index is -0.183. The summed E-state index contributed by atoms with van der Waals surface area (Å²) in [4.78, 5) is 2.37. The Morgan fingerprint density at radius 3 is 2.82 bits per heavy atom. The summed E-state index contributed by atoms with van der Waals surface area (Å²) in [6.07, 6.45) is 6.36. The van der Waals surface area contributed by atoms with Gasteiger partial charge in [-0.2, -0.15) is 0 Å². The standard InChI is InChI=1S/C9H15NO/c1-2-3-6-10-7-4-5-8(11)9(7)10/h4-5,7-9,11H,2-3,6H2,1H3. The van der Waals surface area contributed by atoms with Gasteiger partial charge < -0.3 is 5.11 Å². The molecule has 0 aromatic heterocycles. The van der Waals surface area contributed by atoms with Gasteiger partial charge in [-0.25, -0.2) is 0 Å². The van der Waals surface area contributed by atoms with Crippen LogP contribution in [0.2, 0.25) is 0 Å². The Labute approximate surface area is 67.5 Å². The second-order valence-electron chi connectivity index (χ2n) is 3.45. The Kier molecular flexibility index (Phi) is 1.74. The van der Waals surface area contributed by atoms with Gasteiger partial charge in [-0.15, -0.1) is 0 Å². The third kappa shape index (κ3) is 1.10. The van der Waals surface area contributed by atoms with E-state index in [4.69, 9.17) is 0 Å². The number of nitrogens with zero attached hydrogens (tertiary/aromatic N) is 1. The second kappa shape index (κ2) is 2.61. The van der Waals surface area contributed by atoms with Crippen molar-refractivity contribution >= 4 is 0 Å². The van der Waals surface area contributed by atoms with Crippen LogP contribution in [0.3, 0.4) is 0 Å². The molecule has 62 valence electrons. The van der Waals surface area contributed by atoms with Crippen LogP contribution in [-0.4, -0.2) is 34.7 Å². The summed E-state index contributed by atoms with van der Waals surface area (Å²) >= 11 is 0. The van der Waals surface area contributed by atoms with E-state index in [-0.39, 0.29) is 6.10 Å². The van der Waals surface area contributed by atoms with Crippen molar-refractivity contribution in [3.8, 4) is 0 Å². The van der Waals surface area contributed by atoms with E-state index in [2.05, 4.69) is 17.9 Å². The summed E-state index contributed by atoms with van der Waals surface area (Å²) in [6.45, 7) is 3.36. The summed E-state index contributed by atoms with van der Waals surface area (Å²) in [5, 5.41) is 9.38. The van der Waals surface area contributed by atoms with Crippen molar-refractivity contribution in [2.24, 2.45) is 0 Å². The third-order valence-electron chi connectivity index (χ3n) is 2.65. The molecule has 0 aromatic carbocycles. The van der Waals surface area contributed by atoms with Gasteiger partial charge >= 0.3 is 0 Å². The van der Waals surface area contributed by atoms with Crippen molar-refractivity contribution in [1.29, 1.82) is 0 Å². The highest BCUT2D eigenvalue weighted by Gasteiger charge is 2.51. The van der Waals surface area contributed by atoms with Crippen molar-refractivity contribution in [2.75, 3.05) is 6.54 Å². The largest absolute Gasteiger partial charge is 0.387 e. The molecule has 2 heteroatoms. The van der Waals surface area contributed by atoms with Crippen molar-refractivity contribution < 1.29 is 5.11 Å². The zero-order valence-corrected chi connectivity index (χ0v) is 6.90. The summed E-state index contributed by atoms with van der Waals surface area (Å²) < 4.78 is 0. The van der Waals surface area contributed by atoms with Crippen LogP contribution in [0, 0.1) is 0 Å². The van der Waals surface area contributed by atoms with E-state index < -0.39 is 0 Å². The fourth-order valence-electron chi connectivity index (χ4n) is 1.92. The maximum absolute atomic E-state index is 9.38. The topological polar surface area (TPSA) is 23.2 Å². The Morgan fingerprint density at radius 2 is 2.27 bits per heavy atom. The third-order valence-corrected chi connectivity index (χ3v) is 2.65. The smallest absolute Gasteiger partial charge is 0.0895 e. The summed E-state index contributed by atoms with van der Waals surface area (Å²) in [7, 11) is 0. The summed E-state index contributed by atoms with van der Waals surface area (Å²) in [5.74, 6) is 0. The van der Waals surface area contributed by atoms with E-state index in [0.717, 1.165) is 6.54 Å². The van der Waals surface area contributed by atoms with Crippen LogP contribution in [0.15, 0.2) is 12.2 Å². The van der Waals surface area contributed by atoms with Crippen molar-refractivity contribution in [2.45, 2.75) is 38.0 Å². The van der Waals surface area contributed by atoms with Gasteiger partial charge in [-0.05, 0) is 13.0 Å². The molecular weight excluding hydrogens is 138 g/mol. The van der Waals surface area contributed by atoms with Crippen LogP contribution in [-0.2, 0) is 0 Å². The minimum absolute atomic E-state index is 0.183. The minimum Gasteiger partial charge on any atom is -0.387 e. The van der Waals surface area contributed by atoms with Crippen LogP contribution >= 0.6 is 0 Å². The molecule has 0 saturated carbocycles. The SMILES string of the molecule is CCCCN1C2C=CC(O)C21. The lowest BCUT2D eigenvalue weighted by atomic mass is 10.3. The molecule has 2 nitrogen and oxygen atoms in total. The van der Waals surface area contributed by atoms with Gasteiger partial charge in [0.1, 0.15) is 0 Å².